The standard InChI is InChI=1S/C7H12N2OS/c1-2-3-4-5-11-7(10)6-9-8/h6H,2-5H2,1H3. The molecule has 0 aromatic heterocycles. The molecule has 0 bridgehead atoms. The van der Waals surface area contributed by atoms with E-state index in [1.807, 2.05) is 0 Å². The van der Waals surface area contributed by atoms with Crippen LogP contribution in [0.4, 0.5) is 0 Å². The average molecular weight is 172 g/mol. The fraction of sp³-hybridized carbons (Fsp3) is 0.714. The molecule has 0 amide bonds. The van der Waals surface area contributed by atoms with Crippen LogP contribution in [0.2, 0.25) is 0 Å². The molecule has 0 N–H and O–H groups in total. The number of hydrogen-bond donors (Lipinski definition) is 0. The summed E-state index contributed by atoms with van der Waals surface area (Å²) in [5.41, 5.74) is 7.97. The predicted molar refractivity (Wildman–Crippen MR) is 46.7 cm³/mol. The number of hydrogen-bond acceptors (Lipinski definition) is 2. The molecule has 0 aromatic carbocycles. The molecule has 62 valence electrons. The summed E-state index contributed by atoms with van der Waals surface area (Å²) in [6, 6.07) is 0. The van der Waals surface area contributed by atoms with Crippen LogP contribution < -0.4 is 0 Å². The zero-order valence-corrected chi connectivity index (χ0v) is 7.43. The second-order valence-corrected chi connectivity index (χ2v) is 3.22. The van der Waals surface area contributed by atoms with Gasteiger partial charge < -0.3 is 5.53 Å². The van der Waals surface area contributed by atoms with Crippen molar-refractivity contribution in [2.75, 3.05) is 5.75 Å². The maximum absolute atomic E-state index is 10.7. The molecule has 0 aromatic rings. The van der Waals surface area contributed by atoms with Crippen molar-refractivity contribution in [1.82, 2.24) is 0 Å². The summed E-state index contributed by atoms with van der Waals surface area (Å²) in [4.78, 5) is 13.3. The average Bonchev–Trinajstić information content (AvgIpc) is 1.99. The third-order valence-electron chi connectivity index (χ3n) is 1.16. The topological polar surface area (TPSA) is 53.5 Å². The number of unbranched alkanes of at least 4 members (excludes halogenated alkanes) is 2. The molecule has 0 aliphatic carbocycles. The monoisotopic (exact) mass is 172 g/mol. The minimum absolute atomic E-state index is 0.177. The number of carbonyl (C=O) groups is 1. The smallest absolute Gasteiger partial charge is 0.334 e. The summed E-state index contributed by atoms with van der Waals surface area (Å²) in [5.74, 6) is 0.818. The summed E-state index contributed by atoms with van der Waals surface area (Å²) in [7, 11) is 0. The molecule has 0 saturated carbocycles. The lowest BCUT2D eigenvalue weighted by molar-refractivity contribution is -0.108. The Balaban J connectivity index is 3.24. The molecule has 0 atom stereocenters. The van der Waals surface area contributed by atoms with Crippen LogP contribution in [0, 0.1) is 0 Å². The van der Waals surface area contributed by atoms with Crippen molar-refractivity contribution in [3.63, 3.8) is 0 Å². The zero-order valence-electron chi connectivity index (χ0n) is 6.62. The first-order chi connectivity index (χ1) is 5.31. The molecule has 0 unspecified atom stereocenters. The summed E-state index contributed by atoms with van der Waals surface area (Å²) in [6.07, 6.45) is 4.28. The molecule has 3 nitrogen and oxygen atoms in total. The SMILES string of the molecule is CCCCCSC(=O)C=[N+]=[N-]. The van der Waals surface area contributed by atoms with Crippen molar-refractivity contribution in [2.45, 2.75) is 26.2 Å². The van der Waals surface area contributed by atoms with E-state index in [4.69, 9.17) is 5.53 Å². The number of nitrogens with zero attached hydrogens (tertiary/aromatic N) is 2. The molecule has 0 aliphatic rings. The molecule has 0 aliphatic heterocycles. The summed E-state index contributed by atoms with van der Waals surface area (Å²) in [5, 5.41) is -0.177. The van der Waals surface area contributed by atoms with Crippen molar-refractivity contribution >= 4 is 23.1 Å². The van der Waals surface area contributed by atoms with Gasteiger partial charge in [-0.25, -0.2) is 0 Å². The highest BCUT2D eigenvalue weighted by molar-refractivity contribution is 8.15. The Morgan fingerprint density at radius 2 is 2.36 bits per heavy atom. The van der Waals surface area contributed by atoms with Gasteiger partial charge in [0.2, 0.25) is 0 Å². The second-order valence-electron chi connectivity index (χ2n) is 2.12. The summed E-state index contributed by atoms with van der Waals surface area (Å²) in [6.45, 7) is 2.11. The lowest BCUT2D eigenvalue weighted by atomic mass is 10.3. The fourth-order valence-corrected chi connectivity index (χ4v) is 1.28. The van der Waals surface area contributed by atoms with Crippen LogP contribution in [0.1, 0.15) is 26.2 Å². The first-order valence-electron chi connectivity index (χ1n) is 3.65. The lowest BCUT2D eigenvalue weighted by Crippen LogP contribution is -1.94. The van der Waals surface area contributed by atoms with Crippen LogP contribution in [0.25, 0.3) is 5.53 Å². The van der Waals surface area contributed by atoms with Gasteiger partial charge in [0.15, 0.2) is 0 Å². The van der Waals surface area contributed by atoms with Gasteiger partial charge in [-0.15, -0.1) is 0 Å². The Bertz CT molecular complexity index is 164. The highest BCUT2D eigenvalue weighted by Gasteiger charge is 2.01. The van der Waals surface area contributed by atoms with Gasteiger partial charge in [0.25, 0.3) is 5.12 Å². The van der Waals surface area contributed by atoms with E-state index in [-0.39, 0.29) is 5.12 Å². The van der Waals surface area contributed by atoms with E-state index >= 15 is 0 Å². The van der Waals surface area contributed by atoms with Crippen molar-refractivity contribution in [3.05, 3.63) is 5.53 Å². The molecule has 11 heavy (non-hydrogen) atoms. The van der Waals surface area contributed by atoms with E-state index in [1.165, 1.54) is 11.8 Å². The van der Waals surface area contributed by atoms with E-state index in [0.29, 0.717) is 0 Å². The van der Waals surface area contributed by atoms with Crippen molar-refractivity contribution in [1.29, 1.82) is 0 Å². The highest BCUT2D eigenvalue weighted by Crippen LogP contribution is 2.05. The van der Waals surface area contributed by atoms with E-state index in [9.17, 15) is 4.79 Å². The maximum atomic E-state index is 10.7. The van der Waals surface area contributed by atoms with Gasteiger partial charge in [0, 0.05) is 5.75 Å². The minimum Gasteiger partial charge on any atom is -0.361 e. The quantitative estimate of drug-likeness (QED) is 0.274. The van der Waals surface area contributed by atoms with Gasteiger partial charge >= 0.3 is 6.21 Å². The third-order valence-corrected chi connectivity index (χ3v) is 2.04. The molecule has 4 heteroatoms. The van der Waals surface area contributed by atoms with Gasteiger partial charge in [0.1, 0.15) is 0 Å². The van der Waals surface area contributed by atoms with Crippen molar-refractivity contribution < 1.29 is 9.58 Å². The molecule has 0 saturated heterocycles. The zero-order chi connectivity index (χ0) is 8.53. The predicted octanol–water partition coefficient (Wildman–Crippen LogP) is 1.74. The first kappa shape index (κ1) is 10.4. The summed E-state index contributed by atoms with van der Waals surface area (Å²) >= 11 is 1.19. The number of thioether (sulfide) groups is 1. The Hall–Kier alpha value is -0.600. The van der Waals surface area contributed by atoms with E-state index < -0.39 is 0 Å². The Morgan fingerprint density at radius 1 is 1.64 bits per heavy atom. The van der Waals surface area contributed by atoms with Gasteiger partial charge in [-0.1, -0.05) is 31.5 Å². The van der Waals surface area contributed by atoms with Crippen LogP contribution >= 0.6 is 11.8 Å². The second kappa shape index (κ2) is 7.51. The van der Waals surface area contributed by atoms with Crippen LogP contribution in [-0.2, 0) is 4.79 Å². The fourth-order valence-electron chi connectivity index (χ4n) is 0.609. The summed E-state index contributed by atoms with van der Waals surface area (Å²) < 4.78 is 0. The molecule has 0 heterocycles. The van der Waals surface area contributed by atoms with Gasteiger partial charge in [-0.05, 0) is 6.42 Å². The molecule has 0 rings (SSSR count). The Labute approximate surface area is 70.8 Å². The van der Waals surface area contributed by atoms with Crippen LogP contribution in [-0.4, -0.2) is 21.9 Å². The van der Waals surface area contributed by atoms with Gasteiger partial charge in [-0.2, -0.15) is 4.79 Å². The maximum Gasteiger partial charge on any atom is 0.334 e. The number of carbonyl (C=O) groups excluding carboxylic acids is 1. The van der Waals surface area contributed by atoms with E-state index in [0.717, 1.165) is 31.2 Å². The van der Waals surface area contributed by atoms with Crippen LogP contribution in [0.5, 0.6) is 0 Å². The molecule has 0 spiro atoms. The van der Waals surface area contributed by atoms with Crippen LogP contribution in [0.3, 0.4) is 0 Å². The molecule has 0 radical (unpaired) electrons. The molecular formula is C7H12N2OS. The van der Waals surface area contributed by atoms with Gasteiger partial charge in [0.05, 0.1) is 0 Å². The Morgan fingerprint density at radius 3 is 2.91 bits per heavy atom. The lowest BCUT2D eigenvalue weighted by Gasteiger charge is -1.92. The van der Waals surface area contributed by atoms with E-state index in [1.54, 1.807) is 0 Å². The molecule has 0 fully saturated rings. The Kier molecular flexibility index (Phi) is 7.10. The van der Waals surface area contributed by atoms with E-state index in [2.05, 4.69) is 11.7 Å². The van der Waals surface area contributed by atoms with Gasteiger partial charge in [-0.3, -0.25) is 4.79 Å². The minimum atomic E-state index is -0.177. The normalized spacial score (nSPS) is 8.82. The number of rotatable bonds is 5. The van der Waals surface area contributed by atoms with Crippen LogP contribution in [0.15, 0.2) is 0 Å². The third kappa shape index (κ3) is 7.30. The highest BCUT2D eigenvalue weighted by atomic mass is 32.2. The van der Waals surface area contributed by atoms with Crippen molar-refractivity contribution in [3.8, 4) is 0 Å². The first-order valence-corrected chi connectivity index (χ1v) is 4.64. The largest absolute Gasteiger partial charge is 0.361 e. The van der Waals surface area contributed by atoms with Crippen molar-refractivity contribution in [2.24, 2.45) is 0 Å². The molecular weight excluding hydrogens is 160 g/mol.